The van der Waals surface area contributed by atoms with Crippen molar-refractivity contribution < 1.29 is 22.7 Å². The van der Waals surface area contributed by atoms with Crippen molar-refractivity contribution in [2.75, 3.05) is 26.2 Å². The Morgan fingerprint density at radius 2 is 1.84 bits per heavy atom. The third-order valence-corrected chi connectivity index (χ3v) is 7.00. The van der Waals surface area contributed by atoms with E-state index in [4.69, 9.17) is 15.2 Å². The average Bonchev–Trinajstić information content (AvgIpc) is 2.75. The molecule has 0 amide bonds. The molecule has 0 saturated carbocycles. The van der Waals surface area contributed by atoms with Crippen LogP contribution in [0.25, 0.3) is 0 Å². The second-order valence-electron chi connectivity index (χ2n) is 8.83. The second kappa shape index (κ2) is 10.0. The first-order valence-corrected chi connectivity index (χ1v) is 12.3. The predicted octanol–water partition coefficient (Wildman–Crippen LogP) is 3.34. The first-order valence-electron chi connectivity index (χ1n) is 10.8. The lowest BCUT2D eigenvalue weighted by Crippen LogP contribution is -2.38. The van der Waals surface area contributed by atoms with E-state index in [-0.39, 0.29) is 28.2 Å². The second-order valence-corrected chi connectivity index (χ2v) is 10.8. The van der Waals surface area contributed by atoms with Crippen LogP contribution in [0, 0.1) is 0 Å². The number of sulfone groups is 1. The van der Waals surface area contributed by atoms with E-state index in [1.54, 1.807) is 42.5 Å². The first-order chi connectivity index (χ1) is 15.1. The topological polar surface area (TPSA) is 98.9 Å². The molecule has 8 heteroatoms. The monoisotopic (exact) mass is 460 g/mol. The van der Waals surface area contributed by atoms with Crippen LogP contribution in [0.15, 0.2) is 58.3 Å². The van der Waals surface area contributed by atoms with Crippen LogP contribution in [0.4, 0.5) is 0 Å². The molecular weight excluding hydrogens is 428 g/mol. The fraction of sp³-hybridized carbons (Fsp3) is 0.458. The van der Waals surface area contributed by atoms with Gasteiger partial charge in [-0.05, 0) is 45.0 Å². The molecule has 1 atom stereocenters. The van der Waals surface area contributed by atoms with Gasteiger partial charge in [-0.15, -0.1) is 0 Å². The number of ether oxygens (including phenoxy) is 2. The lowest BCUT2D eigenvalue weighted by molar-refractivity contribution is -0.155. The molecule has 0 fully saturated rings. The molecule has 1 aliphatic rings. The van der Waals surface area contributed by atoms with Gasteiger partial charge in [-0.25, -0.2) is 8.42 Å². The number of benzene rings is 2. The van der Waals surface area contributed by atoms with Gasteiger partial charge in [0.05, 0.1) is 22.8 Å². The Bertz CT molecular complexity index is 1030. The molecule has 1 aliphatic heterocycles. The molecule has 0 spiro atoms. The maximum atomic E-state index is 13.0. The largest absolute Gasteiger partial charge is 0.493 e. The molecule has 32 heavy (non-hydrogen) atoms. The lowest BCUT2D eigenvalue weighted by Gasteiger charge is -2.35. The molecule has 7 nitrogen and oxygen atoms in total. The maximum Gasteiger partial charge on any atom is 0.307 e. The van der Waals surface area contributed by atoms with Gasteiger partial charge in [0.25, 0.3) is 0 Å². The fourth-order valence-corrected chi connectivity index (χ4v) is 5.15. The van der Waals surface area contributed by atoms with Crippen molar-refractivity contribution in [1.29, 1.82) is 0 Å². The summed E-state index contributed by atoms with van der Waals surface area (Å²) in [7, 11) is -3.63. The number of rotatable bonds is 8. The molecule has 3 rings (SSSR count). The van der Waals surface area contributed by atoms with E-state index >= 15 is 0 Å². The summed E-state index contributed by atoms with van der Waals surface area (Å²) >= 11 is 0. The van der Waals surface area contributed by atoms with Crippen LogP contribution in [-0.2, 0) is 19.4 Å². The number of carbonyl (C=O) groups is 1. The molecule has 2 N–H and O–H groups in total. The number of hydrogen-bond donors (Lipinski definition) is 1. The van der Waals surface area contributed by atoms with Gasteiger partial charge in [0.15, 0.2) is 0 Å². The van der Waals surface area contributed by atoms with Gasteiger partial charge in [0, 0.05) is 37.7 Å². The van der Waals surface area contributed by atoms with Gasteiger partial charge >= 0.3 is 5.97 Å². The minimum atomic E-state index is -3.63. The highest BCUT2D eigenvalue weighted by Gasteiger charge is 2.29. The zero-order valence-corrected chi connectivity index (χ0v) is 19.7. The van der Waals surface area contributed by atoms with E-state index in [2.05, 4.69) is 4.90 Å². The van der Waals surface area contributed by atoms with Crippen molar-refractivity contribution in [3.8, 4) is 5.75 Å². The quantitative estimate of drug-likeness (QED) is 0.603. The summed E-state index contributed by atoms with van der Waals surface area (Å²) in [5.41, 5.74) is 6.22. The average molecular weight is 461 g/mol. The highest BCUT2D eigenvalue weighted by Crippen LogP contribution is 2.38. The summed E-state index contributed by atoms with van der Waals surface area (Å²) < 4.78 is 37.3. The predicted molar refractivity (Wildman–Crippen MR) is 122 cm³/mol. The zero-order valence-electron chi connectivity index (χ0n) is 18.9. The molecular formula is C24H32N2O5S. The third-order valence-electron chi connectivity index (χ3n) is 5.24. The van der Waals surface area contributed by atoms with Crippen molar-refractivity contribution in [2.45, 2.75) is 55.0 Å². The van der Waals surface area contributed by atoms with Crippen molar-refractivity contribution in [1.82, 2.24) is 4.90 Å². The molecule has 0 radical (unpaired) electrons. The van der Waals surface area contributed by atoms with E-state index in [0.717, 1.165) is 12.0 Å². The first kappa shape index (κ1) is 24.2. The van der Waals surface area contributed by atoms with Crippen molar-refractivity contribution in [2.24, 2.45) is 5.73 Å². The van der Waals surface area contributed by atoms with Crippen molar-refractivity contribution in [3.05, 3.63) is 54.1 Å². The van der Waals surface area contributed by atoms with Gasteiger partial charge in [-0.1, -0.05) is 24.3 Å². The minimum Gasteiger partial charge on any atom is -0.493 e. The summed E-state index contributed by atoms with van der Waals surface area (Å²) in [6.45, 7) is 7.55. The molecule has 0 aliphatic carbocycles. The number of nitrogens with zero attached hydrogens (tertiary/aromatic N) is 1. The molecule has 1 heterocycles. The molecule has 1 unspecified atom stereocenters. The zero-order chi connectivity index (χ0) is 23.4. The summed E-state index contributed by atoms with van der Waals surface area (Å²) in [6, 6.07) is 13.4. The molecule has 0 aromatic heterocycles. The molecule has 2 aromatic rings. The lowest BCUT2D eigenvalue weighted by atomic mass is 9.98. The number of hydrogen-bond acceptors (Lipinski definition) is 7. The number of nitrogens with two attached hydrogens (primary N) is 1. The van der Waals surface area contributed by atoms with E-state index in [1.165, 1.54) is 0 Å². The summed E-state index contributed by atoms with van der Waals surface area (Å²) in [6.07, 6.45) is 0.983. The Hall–Kier alpha value is -2.42. The van der Waals surface area contributed by atoms with Crippen molar-refractivity contribution >= 4 is 15.8 Å². The van der Waals surface area contributed by atoms with Gasteiger partial charge in [-0.3, -0.25) is 9.69 Å². The van der Waals surface area contributed by atoms with Gasteiger partial charge in [-0.2, -0.15) is 0 Å². The van der Waals surface area contributed by atoms with Crippen LogP contribution in [0.1, 0.15) is 45.2 Å². The Labute approximate surface area is 190 Å². The van der Waals surface area contributed by atoms with Crippen LogP contribution in [-0.4, -0.2) is 51.1 Å². The van der Waals surface area contributed by atoms with Crippen LogP contribution in [0.2, 0.25) is 0 Å². The molecule has 0 bridgehead atoms. The summed E-state index contributed by atoms with van der Waals surface area (Å²) in [4.78, 5) is 14.8. The smallest absolute Gasteiger partial charge is 0.307 e. The Morgan fingerprint density at radius 3 is 2.50 bits per heavy atom. The molecule has 0 saturated heterocycles. The van der Waals surface area contributed by atoms with Gasteiger partial charge in [0.1, 0.15) is 11.4 Å². The summed E-state index contributed by atoms with van der Waals surface area (Å²) in [5.74, 6) is 0.300. The minimum absolute atomic E-state index is 0.0155. The van der Waals surface area contributed by atoms with Crippen molar-refractivity contribution in [3.63, 3.8) is 0 Å². The molecule has 2 aromatic carbocycles. The Kier molecular flexibility index (Phi) is 7.59. The molecule has 174 valence electrons. The number of carbonyl (C=O) groups excluding carboxylic acids is 1. The van der Waals surface area contributed by atoms with E-state index in [9.17, 15) is 13.2 Å². The third kappa shape index (κ3) is 5.88. The van der Waals surface area contributed by atoms with E-state index in [0.29, 0.717) is 32.0 Å². The maximum absolute atomic E-state index is 13.0. The normalized spacial score (nSPS) is 16.3. The van der Waals surface area contributed by atoms with Crippen LogP contribution in [0.5, 0.6) is 5.75 Å². The highest BCUT2D eigenvalue weighted by atomic mass is 32.2. The van der Waals surface area contributed by atoms with Crippen LogP contribution in [0.3, 0.4) is 0 Å². The van der Waals surface area contributed by atoms with Crippen LogP contribution < -0.4 is 10.5 Å². The highest BCUT2D eigenvalue weighted by molar-refractivity contribution is 7.91. The SMILES string of the molecule is CC(C)(C)OC(=O)CCN(CCN)C1CCOc2cc(S(=O)(=O)c3ccccc3)ccc21. The number of fused-ring (bicyclic) bond motifs is 1. The summed E-state index contributed by atoms with van der Waals surface area (Å²) in [5, 5.41) is 0. The van der Waals surface area contributed by atoms with Gasteiger partial charge in [0.2, 0.25) is 9.84 Å². The number of esters is 1. The Balaban J connectivity index is 1.82. The fourth-order valence-electron chi connectivity index (χ4n) is 3.85. The Morgan fingerprint density at radius 1 is 1.12 bits per heavy atom. The van der Waals surface area contributed by atoms with E-state index in [1.807, 2.05) is 26.8 Å². The van der Waals surface area contributed by atoms with Gasteiger partial charge < -0.3 is 15.2 Å². The van der Waals surface area contributed by atoms with Crippen LogP contribution >= 0.6 is 0 Å². The standard InChI is InChI=1S/C24H32N2O5S/c1-24(2,3)31-23(27)11-14-26(15-13-25)21-12-16-30-22-17-19(9-10-20(21)22)32(28,29)18-7-5-4-6-8-18/h4-10,17,21H,11-16,25H2,1-3H3. The van der Waals surface area contributed by atoms with E-state index < -0.39 is 15.4 Å².